The number of benzene rings is 1. The van der Waals surface area contributed by atoms with Crippen LogP contribution in [0.2, 0.25) is 0 Å². The summed E-state index contributed by atoms with van der Waals surface area (Å²) in [6, 6.07) is 2.70. The summed E-state index contributed by atoms with van der Waals surface area (Å²) >= 11 is 0. The number of nitrogen functional groups attached to an aromatic ring is 1. The monoisotopic (exact) mass is 398 g/mol. The van der Waals surface area contributed by atoms with E-state index >= 15 is 0 Å². The van der Waals surface area contributed by atoms with Gasteiger partial charge in [0.1, 0.15) is 5.75 Å². The molecular weight excluding hydrogens is 381 g/mol. The van der Waals surface area contributed by atoms with Gasteiger partial charge >= 0.3 is 12.1 Å². The fraction of sp³-hybridized carbons (Fsp3) is 0.294. The zero-order chi connectivity index (χ0) is 20.7. The molecule has 2 rings (SSSR count). The van der Waals surface area contributed by atoms with Crippen LogP contribution in [0.4, 0.5) is 24.7 Å². The normalized spacial score (nSPS) is 11.0. The summed E-state index contributed by atoms with van der Waals surface area (Å²) in [4.78, 5) is 31.2. The number of nitrogens with one attached hydrogen (secondary N) is 1. The van der Waals surface area contributed by atoms with E-state index in [1.54, 1.807) is 0 Å². The molecule has 0 aliphatic carbocycles. The Hall–Kier alpha value is -3.37. The van der Waals surface area contributed by atoms with Crippen LogP contribution >= 0.6 is 0 Å². The fourth-order valence-corrected chi connectivity index (χ4v) is 2.03. The number of ether oxygens (including phenoxy) is 2. The van der Waals surface area contributed by atoms with Crippen molar-refractivity contribution in [2.24, 2.45) is 0 Å². The van der Waals surface area contributed by atoms with E-state index in [0.717, 1.165) is 18.2 Å². The van der Waals surface area contributed by atoms with Crippen molar-refractivity contribution in [1.29, 1.82) is 0 Å². The number of halogens is 3. The van der Waals surface area contributed by atoms with Crippen LogP contribution in [0.15, 0.2) is 30.6 Å². The van der Waals surface area contributed by atoms with Crippen molar-refractivity contribution in [1.82, 2.24) is 9.97 Å². The highest BCUT2D eigenvalue weighted by Gasteiger charge is 2.31. The minimum Gasteiger partial charge on any atom is -0.491 e. The SMILES string of the molecule is CCCOc1ccc(C(F)(F)F)cc1NC(=O)COC(=O)c1nccnc1N. The number of hydrogen-bond acceptors (Lipinski definition) is 7. The summed E-state index contributed by atoms with van der Waals surface area (Å²) in [6.45, 7) is 1.30. The third-order valence-corrected chi connectivity index (χ3v) is 3.30. The third kappa shape index (κ3) is 5.56. The maximum Gasteiger partial charge on any atom is 0.416 e. The van der Waals surface area contributed by atoms with E-state index in [1.165, 1.54) is 12.4 Å². The number of esters is 1. The second-order valence-electron chi connectivity index (χ2n) is 5.47. The molecule has 0 spiro atoms. The Kier molecular flexibility index (Phi) is 6.74. The van der Waals surface area contributed by atoms with Crippen molar-refractivity contribution >= 4 is 23.4 Å². The Labute approximate surface area is 157 Å². The molecule has 0 aliphatic heterocycles. The number of hydrogen-bond donors (Lipinski definition) is 2. The number of rotatable bonds is 7. The average Bonchev–Trinajstić information content (AvgIpc) is 2.64. The predicted molar refractivity (Wildman–Crippen MR) is 92.6 cm³/mol. The maximum absolute atomic E-state index is 12.9. The molecule has 0 saturated carbocycles. The highest BCUT2D eigenvalue weighted by Crippen LogP contribution is 2.35. The minimum absolute atomic E-state index is 0.0627. The predicted octanol–water partition coefficient (Wildman–Crippen LogP) is 2.66. The molecule has 8 nitrogen and oxygen atoms in total. The van der Waals surface area contributed by atoms with Gasteiger partial charge in [-0.05, 0) is 24.6 Å². The molecule has 1 heterocycles. The first-order chi connectivity index (χ1) is 13.2. The van der Waals surface area contributed by atoms with Gasteiger partial charge in [-0.15, -0.1) is 0 Å². The summed E-state index contributed by atoms with van der Waals surface area (Å²) in [5.41, 5.74) is 4.05. The van der Waals surface area contributed by atoms with Crippen LogP contribution in [0.5, 0.6) is 5.75 Å². The summed E-state index contributed by atoms with van der Waals surface area (Å²) in [7, 11) is 0. The molecule has 1 aromatic heterocycles. The molecule has 0 aliphatic rings. The van der Waals surface area contributed by atoms with Gasteiger partial charge in [0.25, 0.3) is 5.91 Å². The smallest absolute Gasteiger partial charge is 0.416 e. The lowest BCUT2D eigenvalue weighted by molar-refractivity contribution is -0.137. The van der Waals surface area contributed by atoms with Crippen LogP contribution in [0.1, 0.15) is 29.4 Å². The molecule has 2 aromatic rings. The maximum atomic E-state index is 12.9. The zero-order valence-electron chi connectivity index (χ0n) is 14.7. The van der Waals surface area contributed by atoms with E-state index in [0.29, 0.717) is 6.42 Å². The van der Waals surface area contributed by atoms with Crippen molar-refractivity contribution in [3.05, 3.63) is 41.9 Å². The van der Waals surface area contributed by atoms with Gasteiger partial charge in [-0.3, -0.25) is 4.79 Å². The second kappa shape index (κ2) is 9.02. The lowest BCUT2D eigenvalue weighted by Gasteiger charge is -2.15. The number of nitrogens with two attached hydrogens (primary N) is 1. The van der Waals surface area contributed by atoms with Gasteiger partial charge in [-0.25, -0.2) is 14.8 Å². The summed E-state index contributed by atoms with van der Waals surface area (Å²) in [5.74, 6) is -1.97. The standard InChI is InChI=1S/C17H17F3N4O4/c1-2-7-27-12-4-3-10(17(18,19)20)8-11(12)24-13(25)9-28-16(26)14-15(21)23-6-5-22-14/h3-6,8H,2,7,9H2,1H3,(H2,21,23)(H,24,25). The van der Waals surface area contributed by atoms with Gasteiger partial charge < -0.3 is 20.5 Å². The molecule has 0 atom stereocenters. The van der Waals surface area contributed by atoms with Gasteiger partial charge in [-0.2, -0.15) is 13.2 Å². The molecule has 150 valence electrons. The van der Waals surface area contributed by atoms with Crippen molar-refractivity contribution < 1.29 is 32.2 Å². The summed E-state index contributed by atoms with van der Waals surface area (Å²) in [6.07, 6.45) is -1.50. The van der Waals surface area contributed by atoms with Crippen LogP contribution in [-0.4, -0.2) is 35.1 Å². The largest absolute Gasteiger partial charge is 0.491 e. The van der Waals surface area contributed by atoms with Crippen molar-refractivity contribution in [2.75, 3.05) is 24.3 Å². The van der Waals surface area contributed by atoms with E-state index in [-0.39, 0.29) is 29.6 Å². The Morgan fingerprint density at radius 2 is 1.93 bits per heavy atom. The quantitative estimate of drug-likeness (QED) is 0.689. The number of amides is 1. The van der Waals surface area contributed by atoms with E-state index in [4.69, 9.17) is 15.2 Å². The third-order valence-electron chi connectivity index (χ3n) is 3.30. The highest BCUT2D eigenvalue weighted by molar-refractivity contribution is 5.97. The van der Waals surface area contributed by atoms with Crippen LogP contribution in [0.3, 0.4) is 0 Å². The number of aromatic nitrogens is 2. The fourth-order valence-electron chi connectivity index (χ4n) is 2.03. The van der Waals surface area contributed by atoms with E-state index in [1.807, 2.05) is 6.92 Å². The van der Waals surface area contributed by atoms with Crippen molar-refractivity contribution in [3.8, 4) is 5.75 Å². The van der Waals surface area contributed by atoms with Crippen LogP contribution < -0.4 is 15.8 Å². The lowest BCUT2D eigenvalue weighted by atomic mass is 10.1. The number of nitrogens with zero attached hydrogens (tertiary/aromatic N) is 2. The first kappa shape index (κ1) is 20.9. The van der Waals surface area contributed by atoms with Gasteiger partial charge in [0, 0.05) is 12.4 Å². The zero-order valence-corrected chi connectivity index (χ0v) is 14.7. The molecule has 1 aromatic carbocycles. The summed E-state index contributed by atoms with van der Waals surface area (Å²) in [5, 5.41) is 2.24. The Morgan fingerprint density at radius 3 is 2.57 bits per heavy atom. The molecule has 3 N–H and O–H groups in total. The average molecular weight is 398 g/mol. The van der Waals surface area contributed by atoms with Crippen LogP contribution in [0.25, 0.3) is 0 Å². The number of carbonyl (C=O) groups excluding carboxylic acids is 2. The first-order valence-corrected chi connectivity index (χ1v) is 8.10. The molecule has 11 heteroatoms. The minimum atomic E-state index is -4.60. The van der Waals surface area contributed by atoms with Crippen molar-refractivity contribution in [3.63, 3.8) is 0 Å². The van der Waals surface area contributed by atoms with Crippen LogP contribution in [0, 0.1) is 0 Å². The molecule has 0 saturated heterocycles. The van der Waals surface area contributed by atoms with Gasteiger partial charge in [0.2, 0.25) is 0 Å². The summed E-state index contributed by atoms with van der Waals surface area (Å²) < 4.78 is 48.9. The van der Waals surface area contributed by atoms with E-state index in [9.17, 15) is 22.8 Å². The van der Waals surface area contributed by atoms with Gasteiger partial charge in [0.05, 0.1) is 17.9 Å². The lowest BCUT2D eigenvalue weighted by Crippen LogP contribution is -2.22. The number of anilines is 2. The van der Waals surface area contributed by atoms with Gasteiger partial charge in [0.15, 0.2) is 18.1 Å². The second-order valence-corrected chi connectivity index (χ2v) is 5.47. The topological polar surface area (TPSA) is 116 Å². The van der Waals surface area contributed by atoms with Crippen molar-refractivity contribution in [2.45, 2.75) is 19.5 Å². The van der Waals surface area contributed by atoms with Crippen LogP contribution in [-0.2, 0) is 15.7 Å². The van der Waals surface area contributed by atoms with E-state index in [2.05, 4.69) is 15.3 Å². The molecule has 0 radical (unpaired) electrons. The molecule has 0 bridgehead atoms. The first-order valence-electron chi connectivity index (χ1n) is 8.10. The van der Waals surface area contributed by atoms with E-state index < -0.39 is 30.2 Å². The molecule has 1 amide bonds. The highest BCUT2D eigenvalue weighted by atomic mass is 19.4. The molecule has 28 heavy (non-hydrogen) atoms. The number of alkyl halides is 3. The number of carbonyl (C=O) groups is 2. The Morgan fingerprint density at radius 1 is 1.21 bits per heavy atom. The molecular formula is C17H17F3N4O4. The van der Waals surface area contributed by atoms with Gasteiger partial charge in [-0.1, -0.05) is 6.92 Å². The Balaban J connectivity index is 2.09. The Bertz CT molecular complexity index is 859. The molecule has 0 fully saturated rings. The molecule has 0 unspecified atom stereocenters.